The summed E-state index contributed by atoms with van der Waals surface area (Å²) >= 11 is 0. The molecule has 130 valence electrons. The molecule has 0 aliphatic carbocycles. The summed E-state index contributed by atoms with van der Waals surface area (Å²) < 4.78 is 10.8. The van der Waals surface area contributed by atoms with E-state index in [2.05, 4.69) is 10.2 Å². The minimum Gasteiger partial charge on any atom is -0.454 e. The zero-order valence-corrected chi connectivity index (χ0v) is 14.2. The molecule has 0 aromatic heterocycles. The van der Waals surface area contributed by atoms with Gasteiger partial charge in [0.25, 0.3) is 0 Å². The SMILES string of the molecule is Cc1ccc(NC(=O)N2CCN(c3ccc4c(c3)OCO4)CC2)cc1. The predicted molar refractivity (Wildman–Crippen MR) is 96.5 cm³/mol. The maximum absolute atomic E-state index is 12.4. The Bertz CT molecular complexity index is 768. The number of anilines is 2. The van der Waals surface area contributed by atoms with Gasteiger partial charge >= 0.3 is 6.03 Å². The fraction of sp³-hybridized carbons (Fsp3) is 0.316. The minimum absolute atomic E-state index is 0.0470. The summed E-state index contributed by atoms with van der Waals surface area (Å²) in [6.45, 7) is 5.27. The summed E-state index contributed by atoms with van der Waals surface area (Å²) in [5, 5.41) is 2.96. The van der Waals surface area contributed by atoms with Gasteiger partial charge in [0, 0.05) is 43.6 Å². The highest BCUT2D eigenvalue weighted by Crippen LogP contribution is 2.35. The summed E-state index contributed by atoms with van der Waals surface area (Å²) in [5.41, 5.74) is 3.10. The number of carbonyl (C=O) groups is 1. The number of aryl methyl sites for hydroxylation is 1. The fourth-order valence-electron chi connectivity index (χ4n) is 3.09. The number of urea groups is 1. The maximum atomic E-state index is 12.4. The standard InChI is InChI=1S/C19H21N3O3/c1-14-2-4-15(5-3-14)20-19(23)22-10-8-21(9-11-22)16-6-7-17-18(12-16)25-13-24-17/h2-7,12H,8-11,13H2,1H3,(H,20,23). The van der Waals surface area contributed by atoms with Crippen molar-refractivity contribution >= 4 is 17.4 Å². The molecule has 0 saturated carbocycles. The average molecular weight is 339 g/mol. The molecule has 0 spiro atoms. The zero-order valence-electron chi connectivity index (χ0n) is 14.2. The lowest BCUT2D eigenvalue weighted by molar-refractivity contribution is 0.174. The summed E-state index contributed by atoms with van der Waals surface area (Å²) in [6.07, 6.45) is 0. The van der Waals surface area contributed by atoms with Gasteiger partial charge in [-0.05, 0) is 31.2 Å². The number of amides is 2. The Hall–Kier alpha value is -2.89. The van der Waals surface area contributed by atoms with Crippen LogP contribution < -0.4 is 19.7 Å². The lowest BCUT2D eigenvalue weighted by atomic mass is 10.2. The Kier molecular flexibility index (Phi) is 4.09. The molecule has 2 aliphatic heterocycles. The Morgan fingerprint density at radius 2 is 1.68 bits per heavy atom. The minimum atomic E-state index is -0.0470. The van der Waals surface area contributed by atoms with E-state index in [0.29, 0.717) is 13.1 Å². The van der Waals surface area contributed by atoms with E-state index in [1.165, 1.54) is 5.56 Å². The molecule has 0 bridgehead atoms. The molecule has 25 heavy (non-hydrogen) atoms. The highest BCUT2D eigenvalue weighted by atomic mass is 16.7. The molecular formula is C19H21N3O3. The van der Waals surface area contributed by atoms with Crippen LogP contribution in [0.1, 0.15) is 5.56 Å². The van der Waals surface area contributed by atoms with Crippen LogP contribution in [-0.2, 0) is 0 Å². The van der Waals surface area contributed by atoms with Gasteiger partial charge in [-0.25, -0.2) is 4.79 Å². The summed E-state index contributed by atoms with van der Waals surface area (Å²) in [4.78, 5) is 16.5. The van der Waals surface area contributed by atoms with Crippen LogP contribution in [0.4, 0.5) is 16.2 Å². The van der Waals surface area contributed by atoms with E-state index in [-0.39, 0.29) is 12.8 Å². The Balaban J connectivity index is 1.34. The molecule has 0 atom stereocenters. The quantitative estimate of drug-likeness (QED) is 0.914. The number of ether oxygens (including phenoxy) is 2. The Morgan fingerprint density at radius 1 is 0.960 bits per heavy atom. The molecule has 1 N–H and O–H groups in total. The number of rotatable bonds is 2. The molecule has 1 fully saturated rings. The Morgan fingerprint density at radius 3 is 2.44 bits per heavy atom. The Labute approximate surface area is 146 Å². The molecule has 2 aromatic rings. The predicted octanol–water partition coefficient (Wildman–Crippen LogP) is 3.08. The number of hydrogen-bond donors (Lipinski definition) is 1. The number of nitrogens with zero attached hydrogens (tertiary/aromatic N) is 2. The number of hydrogen-bond acceptors (Lipinski definition) is 4. The second kappa shape index (κ2) is 6.55. The first-order valence-electron chi connectivity index (χ1n) is 8.46. The van der Waals surface area contributed by atoms with Crippen molar-refractivity contribution in [3.63, 3.8) is 0 Å². The third-order valence-electron chi connectivity index (χ3n) is 4.59. The molecule has 2 heterocycles. The average Bonchev–Trinajstić information content (AvgIpc) is 3.11. The van der Waals surface area contributed by atoms with Crippen molar-refractivity contribution in [2.75, 3.05) is 43.2 Å². The van der Waals surface area contributed by atoms with Gasteiger partial charge in [0.2, 0.25) is 6.79 Å². The number of piperazine rings is 1. The van der Waals surface area contributed by atoms with Crippen LogP contribution in [0.2, 0.25) is 0 Å². The van der Waals surface area contributed by atoms with Gasteiger partial charge < -0.3 is 24.6 Å². The van der Waals surface area contributed by atoms with Gasteiger partial charge in [0.1, 0.15) is 0 Å². The lowest BCUT2D eigenvalue weighted by Crippen LogP contribution is -2.50. The molecule has 4 rings (SSSR count). The van der Waals surface area contributed by atoms with Crippen LogP contribution in [0.5, 0.6) is 11.5 Å². The van der Waals surface area contributed by atoms with Crippen LogP contribution in [0.15, 0.2) is 42.5 Å². The van der Waals surface area contributed by atoms with E-state index < -0.39 is 0 Å². The van der Waals surface area contributed by atoms with Crippen molar-refractivity contribution < 1.29 is 14.3 Å². The molecule has 2 aliphatic rings. The van der Waals surface area contributed by atoms with Crippen LogP contribution >= 0.6 is 0 Å². The van der Waals surface area contributed by atoms with Gasteiger partial charge in [-0.15, -0.1) is 0 Å². The monoisotopic (exact) mass is 339 g/mol. The maximum Gasteiger partial charge on any atom is 0.321 e. The van der Waals surface area contributed by atoms with Crippen molar-refractivity contribution in [1.29, 1.82) is 0 Å². The summed E-state index contributed by atoms with van der Waals surface area (Å²) in [5.74, 6) is 1.58. The first-order chi connectivity index (χ1) is 12.2. The van der Waals surface area contributed by atoms with E-state index in [1.807, 2.05) is 54.3 Å². The first-order valence-corrected chi connectivity index (χ1v) is 8.46. The number of carbonyl (C=O) groups excluding carboxylic acids is 1. The van der Waals surface area contributed by atoms with Crippen molar-refractivity contribution in [3.05, 3.63) is 48.0 Å². The van der Waals surface area contributed by atoms with Crippen molar-refractivity contribution in [1.82, 2.24) is 4.90 Å². The third-order valence-corrected chi connectivity index (χ3v) is 4.59. The van der Waals surface area contributed by atoms with Gasteiger partial charge in [0.15, 0.2) is 11.5 Å². The second-order valence-corrected chi connectivity index (χ2v) is 6.31. The van der Waals surface area contributed by atoms with E-state index in [4.69, 9.17) is 9.47 Å². The highest BCUT2D eigenvalue weighted by Gasteiger charge is 2.23. The second-order valence-electron chi connectivity index (χ2n) is 6.31. The normalized spacial score (nSPS) is 16.0. The number of nitrogens with one attached hydrogen (secondary N) is 1. The summed E-state index contributed by atoms with van der Waals surface area (Å²) in [7, 11) is 0. The molecular weight excluding hydrogens is 318 g/mol. The van der Waals surface area contributed by atoms with E-state index in [1.54, 1.807) is 0 Å². The van der Waals surface area contributed by atoms with Gasteiger partial charge in [-0.1, -0.05) is 17.7 Å². The molecule has 0 unspecified atom stereocenters. The summed E-state index contributed by atoms with van der Waals surface area (Å²) in [6, 6.07) is 13.8. The fourth-order valence-corrected chi connectivity index (χ4v) is 3.09. The van der Waals surface area contributed by atoms with Crippen molar-refractivity contribution in [2.24, 2.45) is 0 Å². The number of fused-ring (bicyclic) bond motifs is 1. The molecule has 1 saturated heterocycles. The van der Waals surface area contributed by atoms with Crippen LogP contribution in [0, 0.1) is 6.92 Å². The van der Waals surface area contributed by atoms with E-state index >= 15 is 0 Å². The van der Waals surface area contributed by atoms with Crippen molar-refractivity contribution in [3.8, 4) is 11.5 Å². The molecule has 2 aromatic carbocycles. The first kappa shape index (κ1) is 15.6. The van der Waals surface area contributed by atoms with Gasteiger partial charge in [-0.3, -0.25) is 0 Å². The molecule has 6 nitrogen and oxygen atoms in total. The van der Waals surface area contributed by atoms with Crippen LogP contribution in [-0.4, -0.2) is 43.9 Å². The van der Waals surface area contributed by atoms with Crippen LogP contribution in [0.25, 0.3) is 0 Å². The molecule has 2 amide bonds. The zero-order chi connectivity index (χ0) is 17.2. The largest absolute Gasteiger partial charge is 0.454 e. The highest BCUT2D eigenvalue weighted by molar-refractivity contribution is 5.89. The van der Waals surface area contributed by atoms with Gasteiger partial charge in [-0.2, -0.15) is 0 Å². The third kappa shape index (κ3) is 3.33. The topological polar surface area (TPSA) is 54.0 Å². The lowest BCUT2D eigenvalue weighted by Gasteiger charge is -2.36. The number of benzene rings is 2. The van der Waals surface area contributed by atoms with E-state index in [0.717, 1.165) is 36.0 Å². The van der Waals surface area contributed by atoms with Gasteiger partial charge in [0.05, 0.1) is 0 Å². The molecule has 0 radical (unpaired) electrons. The van der Waals surface area contributed by atoms with E-state index in [9.17, 15) is 4.79 Å². The smallest absolute Gasteiger partial charge is 0.321 e. The van der Waals surface area contributed by atoms with Crippen molar-refractivity contribution in [2.45, 2.75) is 6.92 Å². The molecule has 6 heteroatoms. The van der Waals surface area contributed by atoms with Crippen LogP contribution in [0.3, 0.4) is 0 Å².